The van der Waals surface area contributed by atoms with Crippen molar-refractivity contribution in [2.75, 3.05) is 7.11 Å². The second kappa shape index (κ2) is 6.59. The number of fused-ring (bicyclic) bond motifs is 1. The van der Waals surface area contributed by atoms with Crippen molar-refractivity contribution < 1.29 is 9.13 Å². The molecular formula is C21H18FN3O. The van der Waals surface area contributed by atoms with E-state index in [9.17, 15) is 4.39 Å². The molecule has 0 aliphatic carbocycles. The second-order valence-corrected chi connectivity index (χ2v) is 6.22. The molecule has 0 aliphatic rings. The Balaban J connectivity index is 1.74. The third-order valence-corrected chi connectivity index (χ3v) is 4.43. The van der Waals surface area contributed by atoms with Crippen molar-refractivity contribution in [2.24, 2.45) is 0 Å². The van der Waals surface area contributed by atoms with Gasteiger partial charge >= 0.3 is 0 Å². The molecule has 0 unspecified atom stereocenters. The van der Waals surface area contributed by atoms with Crippen LogP contribution in [0.15, 0.2) is 60.8 Å². The Bertz CT molecular complexity index is 1070. The van der Waals surface area contributed by atoms with Gasteiger partial charge in [0.25, 0.3) is 0 Å². The zero-order valence-electron chi connectivity index (χ0n) is 14.6. The van der Waals surface area contributed by atoms with Crippen LogP contribution in [0.1, 0.15) is 16.8 Å². The summed E-state index contributed by atoms with van der Waals surface area (Å²) in [6.45, 7) is 2.04. The van der Waals surface area contributed by atoms with E-state index < -0.39 is 0 Å². The highest BCUT2D eigenvalue weighted by molar-refractivity contribution is 5.67. The van der Waals surface area contributed by atoms with Crippen LogP contribution in [0.5, 0.6) is 5.75 Å². The first-order valence-electron chi connectivity index (χ1n) is 8.37. The van der Waals surface area contributed by atoms with Gasteiger partial charge < -0.3 is 4.74 Å². The lowest BCUT2D eigenvalue weighted by atomic mass is 10.1. The third-order valence-electron chi connectivity index (χ3n) is 4.43. The number of methoxy groups -OCH3 is 1. The predicted octanol–water partition coefficient (Wildman–Crippen LogP) is 4.44. The zero-order valence-corrected chi connectivity index (χ0v) is 14.6. The van der Waals surface area contributed by atoms with Gasteiger partial charge in [-0.1, -0.05) is 12.1 Å². The maximum atomic E-state index is 13.1. The Morgan fingerprint density at radius 3 is 2.58 bits per heavy atom. The van der Waals surface area contributed by atoms with E-state index in [1.165, 1.54) is 12.1 Å². The molecule has 0 bridgehead atoms. The lowest BCUT2D eigenvalue weighted by Gasteiger charge is -2.08. The van der Waals surface area contributed by atoms with E-state index in [0.29, 0.717) is 6.42 Å². The molecule has 0 aliphatic heterocycles. The van der Waals surface area contributed by atoms with Gasteiger partial charge in [-0.05, 0) is 60.5 Å². The smallest absolute Gasteiger partial charge is 0.154 e. The molecule has 0 N–H and O–H groups in total. The van der Waals surface area contributed by atoms with Crippen LogP contribution in [0.2, 0.25) is 0 Å². The molecule has 0 amide bonds. The molecule has 2 heterocycles. The lowest BCUT2D eigenvalue weighted by molar-refractivity contribution is 0.414. The van der Waals surface area contributed by atoms with Crippen LogP contribution in [0.3, 0.4) is 0 Å². The topological polar surface area (TPSA) is 39.4 Å². The quantitative estimate of drug-likeness (QED) is 0.548. The highest BCUT2D eigenvalue weighted by atomic mass is 19.1. The van der Waals surface area contributed by atoms with Gasteiger partial charge in [0.2, 0.25) is 0 Å². The molecule has 0 saturated carbocycles. The Hall–Kier alpha value is -3.21. The SMILES string of the molecule is COc1ccc(-c2cnc3ccc(Cc4ccc(F)cc4)nn23)c(C)c1. The average molecular weight is 347 g/mol. The van der Waals surface area contributed by atoms with Gasteiger partial charge in [-0.2, -0.15) is 5.10 Å². The fraction of sp³-hybridized carbons (Fsp3) is 0.143. The number of hydrogen-bond acceptors (Lipinski definition) is 3. The molecule has 2 aromatic carbocycles. The van der Waals surface area contributed by atoms with Crippen LogP contribution in [-0.2, 0) is 6.42 Å². The highest BCUT2D eigenvalue weighted by Crippen LogP contribution is 2.27. The second-order valence-electron chi connectivity index (χ2n) is 6.22. The Morgan fingerprint density at radius 1 is 1.04 bits per heavy atom. The first-order valence-corrected chi connectivity index (χ1v) is 8.37. The van der Waals surface area contributed by atoms with E-state index >= 15 is 0 Å². The van der Waals surface area contributed by atoms with Gasteiger partial charge in [0.05, 0.1) is 24.7 Å². The first-order chi connectivity index (χ1) is 12.6. The molecule has 4 nitrogen and oxygen atoms in total. The largest absolute Gasteiger partial charge is 0.497 e. The van der Waals surface area contributed by atoms with Gasteiger partial charge in [-0.25, -0.2) is 13.9 Å². The van der Waals surface area contributed by atoms with Crippen molar-refractivity contribution >= 4 is 5.65 Å². The summed E-state index contributed by atoms with van der Waals surface area (Å²) in [5.41, 5.74) is 5.79. The van der Waals surface area contributed by atoms with Gasteiger partial charge in [0.15, 0.2) is 5.65 Å². The van der Waals surface area contributed by atoms with Crippen LogP contribution >= 0.6 is 0 Å². The molecule has 0 atom stereocenters. The molecule has 130 valence electrons. The van der Waals surface area contributed by atoms with Crippen LogP contribution < -0.4 is 4.74 Å². The molecule has 0 fully saturated rings. The summed E-state index contributed by atoms with van der Waals surface area (Å²) in [4.78, 5) is 4.46. The average Bonchev–Trinajstić information content (AvgIpc) is 3.06. The van der Waals surface area contributed by atoms with Gasteiger partial charge in [0.1, 0.15) is 11.6 Å². The number of hydrogen-bond donors (Lipinski definition) is 0. The van der Waals surface area contributed by atoms with Crippen molar-refractivity contribution in [2.45, 2.75) is 13.3 Å². The summed E-state index contributed by atoms with van der Waals surface area (Å²) < 4.78 is 20.2. The summed E-state index contributed by atoms with van der Waals surface area (Å²) in [6, 6.07) is 16.4. The number of rotatable bonds is 4. The standard InChI is InChI=1S/C21H18FN3O/c1-14-11-18(26-2)8-9-19(14)20-13-23-21-10-7-17(24-25(20)21)12-15-3-5-16(22)6-4-15/h3-11,13H,12H2,1-2H3. The van der Waals surface area contributed by atoms with E-state index in [1.807, 2.05) is 48.0 Å². The maximum absolute atomic E-state index is 13.1. The summed E-state index contributed by atoms with van der Waals surface area (Å²) in [6.07, 6.45) is 2.47. The van der Waals surface area contributed by atoms with E-state index in [1.54, 1.807) is 19.2 Å². The molecule has 4 rings (SSSR count). The van der Waals surface area contributed by atoms with Crippen LogP contribution in [0, 0.1) is 12.7 Å². The first kappa shape index (κ1) is 16.3. The number of imidazole rings is 1. The summed E-state index contributed by atoms with van der Waals surface area (Å²) in [7, 11) is 1.66. The molecular weight excluding hydrogens is 329 g/mol. The minimum Gasteiger partial charge on any atom is -0.497 e. The maximum Gasteiger partial charge on any atom is 0.154 e. The van der Waals surface area contributed by atoms with Crippen LogP contribution in [-0.4, -0.2) is 21.7 Å². The fourth-order valence-electron chi connectivity index (χ4n) is 3.05. The van der Waals surface area contributed by atoms with E-state index in [4.69, 9.17) is 9.84 Å². The van der Waals surface area contributed by atoms with Crippen molar-refractivity contribution in [3.63, 3.8) is 0 Å². The Morgan fingerprint density at radius 2 is 1.85 bits per heavy atom. The normalized spacial score (nSPS) is 11.0. The third kappa shape index (κ3) is 3.04. The number of benzene rings is 2. The number of ether oxygens (including phenoxy) is 1. The predicted molar refractivity (Wildman–Crippen MR) is 98.9 cm³/mol. The number of aromatic nitrogens is 3. The minimum absolute atomic E-state index is 0.232. The van der Waals surface area contributed by atoms with E-state index in [2.05, 4.69) is 4.98 Å². The highest BCUT2D eigenvalue weighted by Gasteiger charge is 2.11. The van der Waals surface area contributed by atoms with Crippen molar-refractivity contribution in [3.05, 3.63) is 83.4 Å². The van der Waals surface area contributed by atoms with E-state index in [-0.39, 0.29) is 5.82 Å². The fourth-order valence-corrected chi connectivity index (χ4v) is 3.05. The summed E-state index contributed by atoms with van der Waals surface area (Å²) in [5.74, 6) is 0.592. The zero-order chi connectivity index (χ0) is 18.1. The van der Waals surface area contributed by atoms with Crippen molar-refractivity contribution in [1.29, 1.82) is 0 Å². The van der Waals surface area contributed by atoms with Crippen LogP contribution in [0.4, 0.5) is 4.39 Å². The monoisotopic (exact) mass is 347 g/mol. The Labute approximate surface area is 150 Å². The molecule has 5 heteroatoms. The van der Waals surface area contributed by atoms with Crippen LogP contribution in [0.25, 0.3) is 16.9 Å². The molecule has 0 saturated heterocycles. The molecule has 0 radical (unpaired) electrons. The molecule has 0 spiro atoms. The number of halogens is 1. The number of nitrogens with zero attached hydrogens (tertiary/aromatic N) is 3. The lowest BCUT2D eigenvalue weighted by Crippen LogP contribution is -2.01. The Kier molecular flexibility index (Phi) is 4.13. The molecule has 26 heavy (non-hydrogen) atoms. The van der Waals surface area contributed by atoms with Crippen molar-refractivity contribution in [3.8, 4) is 17.0 Å². The minimum atomic E-state index is -0.232. The van der Waals surface area contributed by atoms with Gasteiger partial charge in [0, 0.05) is 12.0 Å². The van der Waals surface area contributed by atoms with Gasteiger partial charge in [-0.15, -0.1) is 0 Å². The number of aryl methyl sites for hydroxylation is 1. The summed E-state index contributed by atoms with van der Waals surface area (Å²) >= 11 is 0. The van der Waals surface area contributed by atoms with Crippen molar-refractivity contribution in [1.82, 2.24) is 14.6 Å². The summed E-state index contributed by atoms with van der Waals surface area (Å²) in [5, 5.41) is 4.74. The molecule has 4 aromatic rings. The van der Waals surface area contributed by atoms with Gasteiger partial charge in [-0.3, -0.25) is 0 Å². The molecule has 2 aromatic heterocycles. The van der Waals surface area contributed by atoms with E-state index in [0.717, 1.165) is 39.5 Å².